The zero-order valence-electron chi connectivity index (χ0n) is 15.1. The number of hydrogen-bond acceptors (Lipinski definition) is 1. The number of benzene rings is 2. The minimum absolute atomic E-state index is 0.0292. The van der Waals surface area contributed by atoms with Crippen LogP contribution in [0.15, 0.2) is 53.1 Å². The number of aryl methyl sites for hydroxylation is 2. The van der Waals surface area contributed by atoms with Crippen molar-refractivity contribution in [3.05, 3.63) is 75.4 Å². The van der Waals surface area contributed by atoms with Crippen LogP contribution in [0.1, 0.15) is 54.5 Å². The Morgan fingerprint density at radius 1 is 1.15 bits per heavy atom. The van der Waals surface area contributed by atoms with Crippen LogP contribution in [0.3, 0.4) is 0 Å². The molecule has 0 aliphatic heterocycles. The van der Waals surface area contributed by atoms with E-state index in [1.54, 1.807) is 6.20 Å². The number of carbonyl (C=O) groups excluding carboxylic acids is 1. The van der Waals surface area contributed by atoms with Crippen LogP contribution in [0.25, 0.3) is 6.08 Å². The molecule has 4 heteroatoms. The molecule has 0 heterocycles. The summed E-state index contributed by atoms with van der Waals surface area (Å²) in [6.45, 7) is 2.10. The summed E-state index contributed by atoms with van der Waals surface area (Å²) in [7, 11) is 0. The van der Waals surface area contributed by atoms with E-state index in [-0.39, 0.29) is 12.1 Å². The van der Waals surface area contributed by atoms with Gasteiger partial charge in [-0.1, -0.05) is 53.2 Å². The average molecular weight is 413 g/mol. The molecule has 3 nitrogen and oxygen atoms in total. The van der Waals surface area contributed by atoms with Crippen LogP contribution in [-0.4, -0.2) is 6.03 Å². The molecule has 0 saturated heterocycles. The third-order valence-electron chi connectivity index (χ3n) is 4.83. The van der Waals surface area contributed by atoms with Crippen molar-refractivity contribution >= 4 is 28.0 Å². The Morgan fingerprint density at radius 3 is 2.73 bits per heavy atom. The molecule has 1 aliphatic rings. The van der Waals surface area contributed by atoms with Crippen molar-refractivity contribution < 1.29 is 4.79 Å². The number of carbonyl (C=O) groups is 1. The predicted molar refractivity (Wildman–Crippen MR) is 111 cm³/mol. The van der Waals surface area contributed by atoms with Gasteiger partial charge in [-0.3, -0.25) is 0 Å². The minimum atomic E-state index is -0.180. The molecule has 0 radical (unpaired) electrons. The second-order valence-electron chi connectivity index (χ2n) is 6.70. The van der Waals surface area contributed by atoms with Gasteiger partial charge in [0.25, 0.3) is 0 Å². The highest BCUT2D eigenvalue weighted by Crippen LogP contribution is 2.26. The lowest BCUT2D eigenvalue weighted by Crippen LogP contribution is -2.35. The third-order valence-corrected chi connectivity index (χ3v) is 5.32. The van der Waals surface area contributed by atoms with Crippen LogP contribution in [0.4, 0.5) is 4.79 Å². The van der Waals surface area contributed by atoms with Gasteiger partial charge in [0, 0.05) is 10.7 Å². The molecule has 0 fully saturated rings. The molecule has 3 rings (SSSR count). The molecule has 0 aromatic heterocycles. The topological polar surface area (TPSA) is 41.1 Å². The first-order valence-corrected chi connectivity index (χ1v) is 10.1. The van der Waals surface area contributed by atoms with Crippen molar-refractivity contribution in [2.75, 3.05) is 0 Å². The van der Waals surface area contributed by atoms with Crippen LogP contribution < -0.4 is 10.6 Å². The number of urea groups is 1. The normalized spacial score (nSPS) is 14.7. The van der Waals surface area contributed by atoms with Gasteiger partial charge in [0.1, 0.15) is 0 Å². The smallest absolute Gasteiger partial charge is 0.319 e. The third kappa shape index (κ3) is 4.98. The maximum Gasteiger partial charge on any atom is 0.319 e. The summed E-state index contributed by atoms with van der Waals surface area (Å²) in [6.07, 6.45) is 9.31. The van der Waals surface area contributed by atoms with Gasteiger partial charge in [0.15, 0.2) is 0 Å². The molecule has 0 spiro atoms. The quantitative estimate of drug-likeness (QED) is 0.644. The lowest BCUT2D eigenvalue weighted by molar-refractivity contribution is 0.240. The van der Waals surface area contributed by atoms with Gasteiger partial charge in [-0.2, -0.15) is 0 Å². The molecular formula is C22H25BrN2O. The summed E-state index contributed by atoms with van der Waals surface area (Å²) in [5.74, 6) is 0. The second kappa shape index (κ2) is 9.04. The maximum absolute atomic E-state index is 12.2. The average Bonchev–Trinajstić information content (AvgIpc) is 2.66. The van der Waals surface area contributed by atoms with E-state index in [4.69, 9.17) is 0 Å². The summed E-state index contributed by atoms with van der Waals surface area (Å²) in [5, 5.41) is 5.88. The Hall–Kier alpha value is -2.07. The summed E-state index contributed by atoms with van der Waals surface area (Å²) in [6, 6.07) is 14.5. The van der Waals surface area contributed by atoms with Crippen molar-refractivity contribution in [3.8, 4) is 0 Å². The molecule has 0 saturated carbocycles. The zero-order chi connectivity index (χ0) is 18.4. The fraction of sp³-hybridized carbons (Fsp3) is 0.318. The Labute approximate surface area is 164 Å². The van der Waals surface area contributed by atoms with Crippen molar-refractivity contribution in [1.29, 1.82) is 0 Å². The lowest BCUT2D eigenvalue weighted by atomic mass is 9.89. The summed E-state index contributed by atoms with van der Waals surface area (Å²) >= 11 is 3.44. The van der Waals surface area contributed by atoms with Gasteiger partial charge in [-0.15, -0.1) is 0 Å². The van der Waals surface area contributed by atoms with Crippen LogP contribution in [0.2, 0.25) is 0 Å². The Bertz CT molecular complexity index is 800. The molecule has 2 aromatic carbocycles. The van der Waals surface area contributed by atoms with E-state index in [0.717, 1.165) is 22.9 Å². The first kappa shape index (κ1) is 18.7. The highest BCUT2D eigenvalue weighted by atomic mass is 79.9. The summed E-state index contributed by atoms with van der Waals surface area (Å²) in [4.78, 5) is 12.2. The van der Waals surface area contributed by atoms with E-state index in [9.17, 15) is 4.79 Å². The standard InChI is InChI=1S/C22H25BrN2O/c1-2-21(19-11-10-17-7-3-4-8-18(17)15-19)25-22(26)24-13-12-16-6-5-9-20(23)14-16/h5-6,9-15,21H,2-4,7-8H2,1H3,(H2,24,25,26)/b13-12+. The monoisotopic (exact) mass is 412 g/mol. The number of rotatable bonds is 5. The van der Waals surface area contributed by atoms with Crippen molar-refractivity contribution in [2.45, 2.75) is 45.1 Å². The minimum Gasteiger partial charge on any atom is -0.331 e. The number of amides is 2. The van der Waals surface area contributed by atoms with Crippen LogP contribution in [0.5, 0.6) is 0 Å². The van der Waals surface area contributed by atoms with Gasteiger partial charge in [0.2, 0.25) is 0 Å². The van der Waals surface area contributed by atoms with E-state index in [1.807, 2.05) is 30.3 Å². The molecule has 26 heavy (non-hydrogen) atoms. The molecule has 1 atom stereocenters. The molecule has 136 valence electrons. The Kier molecular flexibility index (Phi) is 6.51. The fourth-order valence-corrected chi connectivity index (χ4v) is 3.83. The highest BCUT2D eigenvalue weighted by molar-refractivity contribution is 9.10. The Morgan fingerprint density at radius 2 is 1.96 bits per heavy atom. The first-order chi connectivity index (χ1) is 12.7. The zero-order valence-corrected chi connectivity index (χ0v) is 16.7. The van der Waals surface area contributed by atoms with Crippen LogP contribution in [0, 0.1) is 0 Å². The number of hydrogen-bond donors (Lipinski definition) is 2. The molecule has 2 aromatic rings. The van der Waals surface area contributed by atoms with Gasteiger partial charge < -0.3 is 10.6 Å². The molecule has 1 aliphatic carbocycles. The summed E-state index contributed by atoms with van der Waals surface area (Å²) < 4.78 is 1.02. The first-order valence-electron chi connectivity index (χ1n) is 9.26. The van der Waals surface area contributed by atoms with E-state index in [2.05, 4.69) is 51.7 Å². The van der Waals surface area contributed by atoms with E-state index in [0.29, 0.717) is 0 Å². The van der Waals surface area contributed by atoms with Crippen LogP contribution >= 0.6 is 15.9 Å². The van der Waals surface area contributed by atoms with E-state index >= 15 is 0 Å². The molecule has 2 amide bonds. The number of nitrogens with one attached hydrogen (secondary N) is 2. The summed E-state index contributed by atoms with van der Waals surface area (Å²) in [5.41, 5.74) is 5.14. The van der Waals surface area contributed by atoms with Gasteiger partial charge in [-0.25, -0.2) is 4.79 Å². The van der Waals surface area contributed by atoms with Crippen molar-refractivity contribution in [2.24, 2.45) is 0 Å². The van der Waals surface area contributed by atoms with Crippen molar-refractivity contribution in [3.63, 3.8) is 0 Å². The molecule has 1 unspecified atom stereocenters. The number of halogens is 1. The van der Waals surface area contributed by atoms with Crippen LogP contribution in [-0.2, 0) is 12.8 Å². The molecule has 0 bridgehead atoms. The fourth-order valence-electron chi connectivity index (χ4n) is 3.41. The SMILES string of the molecule is CCC(NC(=O)N/C=C/c1cccc(Br)c1)c1ccc2c(c1)CCCC2. The second-order valence-corrected chi connectivity index (χ2v) is 7.62. The van der Waals surface area contributed by atoms with E-state index in [1.165, 1.54) is 36.0 Å². The van der Waals surface area contributed by atoms with Crippen molar-refractivity contribution in [1.82, 2.24) is 10.6 Å². The van der Waals surface area contributed by atoms with Gasteiger partial charge in [0.05, 0.1) is 6.04 Å². The molecule has 2 N–H and O–H groups in total. The number of fused-ring (bicyclic) bond motifs is 1. The van der Waals surface area contributed by atoms with E-state index < -0.39 is 0 Å². The molecular weight excluding hydrogens is 388 g/mol. The van der Waals surface area contributed by atoms with Gasteiger partial charge >= 0.3 is 6.03 Å². The largest absolute Gasteiger partial charge is 0.331 e. The Balaban J connectivity index is 1.60. The highest BCUT2D eigenvalue weighted by Gasteiger charge is 2.15. The predicted octanol–water partition coefficient (Wildman–Crippen LogP) is 5.75. The lowest BCUT2D eigenvalue weighted by Gasteiger charge is -2.21. The maximum atomic E-state index is 12.2. The van der Waals surface area contributed by atoms with Gasteiger partial charge in [-0.05, 0) is 72.6 Å².